The highest BCUT2D eigenvalue weighted by molar-refractivity contribution is 7.98. The number of hydrogen-bond acceptors (Lipinski definition) is 4. The number of fused-ring (bicyclic) bond motifs is 1. The van der Waals surface area contributed by atoms with Crippen LogP contribution in [0.1, 0.15) is 12.0 Å². The standard InChI is InChI=1S/C18H17ClN2O2S/c19-15-8-3-1-6-13(15)12-24-18-20-16-9-4-2-7-14(16)17(23)21(18)10-5-11-22/h1-4,6-9,22H,5,10-12H2. The minimum Gasteiger partial charge on any atom is -0.396 e. The molecule has 0 spiro atoms. The Morgan fingerprint density at radius 3 is 2.67 bits per heavy atom. The maximum atomic E-state index is 12.7. The molecule has 0 unspecified atom stereocenters. The molecule has 124 valence electrons. The third-order valence-electron chi connectivity index (χ3n) is 3.68. The molecule has 3 aromatic rings. The lowest BCUT2D eigenvalue weighted by atomic mass is 10.2. The molecule has 24 heavy (non-hydrogen) atoms. The van der Waals surface area contributed by atoms with E-state index in [9.17, 15) is 4.79 Å². The number of hydrogen-bond donors (Lipinski definition) is 1. The van der Waals surface area contributed by atoms with E-state index in [1.807, 2.05) is 42.5 Å². The number of aliphatic hydroxyl groups is 1. The highest BCUT2D eigenvalue weighted by atomic mass is 35.5. The fraction of sp³-hybridized carbons (Fsp3) is 0.222. The number of rotatable bonds is 6. The largest absolute Gasteiger partial charge is 0.396 e. The van der Waals surface area contributed by atoms with Gasteiger partial charge in [0.15, 0.2) is 5.16 Å². The summed E-state index contributed by atoms with van der Waals surface area (Å²) in [5.41, 5.74) is 1.61. The zero-order chi connectivity index (χ0) is 16.9. The van der Waals surface area contributed by atoms with E-state index in [2.05, 4.69) is 4.98 Å². The van der Waals surface area contributed by atoms with E-state index in [1.165, 1.54) is 11.8 Å². The van der Waals surface area contributed by atoms with Crippen molar-refractivity contribution < 1.29 is 5.11 Å². The maximum absolute atomic E-state index is 12.7. The molecule has 6 heteroatoms. The van der Waals surface area contributed by atoms with Gasteiger partial charge in [0, 0.05) is 23.9 Å². The first-order valence-corrected chi connectivity index (χ1v) is 9.03. The lowest BCUT2D eigenvalue weighted by Gasteiger charge is -2.13. The summed E-state index contributed by atoms with van der Waals surface area (Å²) in [6.07, 6.45) is 0.513. The van der Waals surface area contributed by atoms with Crippen molar-refractivity contribution in [2.24, 2.45) is 0 Å². The van der Waals surface area contributed by atoms with Gasteiger partial charge >= 0.3 is 0 Å². The number of para-hydroxylation sites is 1. The van der Waals surface area contributed by atoms with Gasteiger partial charge in [0.2, 0.25) is 0 Å². The molecule has 0 atom stereocenters. The van der Waals surface area contributed by atoms with Gasteiger partial charge in [-0.05, 0) is 30.2 Å². The molecular formula is C18H17ClN2O2S. The summed E-state index contributed by atoms with van der Waals surface area (Å²) in [5, 5.41) is 11.1. The summed E-state index contributed by atoms with van der Waals surface area (Å²) in [6, 6.07) is 15.0. The number of halogens is 1. The molecule has 1 N–H and O–H groups in total. The molecule has 0 fully saturated rings. The van der Waals surface area contributed by atoms with Gasteiger partial charge in [0.05, 0.1) is 10.9 Å². The summed E-state index contributed by atoms with van der Waals surface area (Å²) in [6.45, 7) is 0.478. The van der Waals surface area contributed by atoms with Crippen molar-refractivity contribution in [2.75, 3.05) is 6.61 Å². The molecule has 0 aliphatic carbocycles. The molecule has 0 aliphatic heterocycles. The monoisotopic (exact) mass is 360 g/mol. The van der Waals surface area contributed by atoms with Crippen molar-refractivity contribution in [3.8, 4) is 0 Å². The van der Waals surface area contributed by atoms with Crippen LogP contribution in [0.2, 0.25) is 5.02 Å². The molecule has 0 bridgehead atoms. The minimum absolute atomic E-state index is 0.0356. The molecule has 0 saturated heterocycles. The van der Waals surface area contributed by atoms with Crippen LogP contribution in [0.4, 0.5) is 0 Å². The Morgan fingerprint density at radius 1 is 1.12 bits per heavy atom. The van der Waals surface area contributed by atoms with Crippen LogP contribution in [0.25, 0.3) is 10.9 Å². The highest BCUT2D eigenvalue weighted by Gasteiger charge is 2.12. The van der Waals surface area contributed by atoms with Crippen molar-refractivity contribution in [2.45, 2.75) is 23.9 Å². The van der Waals surface area contributed by atoms with E-state index in [1.54, 1.807) is 10.6 Å². The van der Waals surface area contributed by atoms with E-state index in [0.717, 1.165) is 5.56 Å². The Labute approximate surface area is 149 Å². The van der Waals surface area contributed by atoms with Crippen LogP contribution in [0.15, 0.2) is 58.5 Å². The third-order valence-corrected chi connectivity index (χ3v) is 5.07. The van der Waals surface area contributed by atoms with Crippen molar-refractivity contribution in [1.29, 1.82) is 0 Å². The van der Waals surface area contributed by atoms with Crippen LogP contribution in [0, 0.1) is 0 Å². The maximum Gasteiger partial charge on any atom is 0.262 e. The fourth-order valence-electron chi connectivity index (χ4n) is 2.44. The van der Waals surface area contributed by atoms with Gasteiger partial charge in [-0.1, -0.05) is 53.7 Å². The first kappa shape index (κ1) is 17.0. The van der Waals surface area contributed by atoms with Crippen LogP contribution >= 0.6 is 23.4 Å². The molecule has 0 aliphatic rings. The molecule has 1 aromatic heterocycles. The fourth-order valence-corrected chi connectivity index (χ4v) is 3.75. The van der Waals surface area contributed by atoms with Crippen LogP contribution in [0.3, 0.4) is 0 Å². The van der Waals surface area contributed by atoms with Crippen molar-refractivity contribution in [3.63, 3.8) is 0 Å². The Kier molecular flexibility index (Phi) is 5.56. The lowest BCUT2D eigenvalue weighted by molar-refractivity contribution is 0.276. The summed E-state index contributed by atoms with van der Waals surface area (Å²) >= 11 is 7.68. The Hall–Kier alpha value is -1.82. The highest BCUT2D eigenvalue weighted by Crippen LogP contribution is 2.26. The van der Waals surface area contributed by atoms with Gasteiger partial charge in [-0.2, -0.15) is 0 Å². The molecule has 4 nitrogen and oxygen atoms in total. The first-order valence-electron chi connectivity index (χ1n) is 7.67. The number of aliphatic hydroxyl groups excluding tert-OH is 1. The number of nitrogens with zero attached hydrogens (tertiary/aromatic N) is 2. The Morgan fingerprint density at radius 2 is 1.88 bits per heavy atom. The molecule has 0 amide bonds. The van der Waals surface area contributed by atoms with Crippen LogP contribution in [-0.4, -0.2) is 21.3 Å². The van der Waals surface area contributed by atoms with Crippen molar-refractivity contribution in [3.05, 3.63) is 69.5 Å². The summed E-state index contributed by atoms with van der Waals surface area (Å²) in [4.78, 5) is 17.4. The third kappa shape index (κ3) is 3.64. The van der Waals surface area contributed by atoms with Gasteiger partial charge in [0.1, 0.15) is 0 Å². The summed E-state index contributed by atoms with van der Waals surface area (Å²) < 4.78 is 1.64. The summed E-state index contributed by atoms with van der Waals surface area (Å²) in [5.74, 6) is 0.629. The minimum atomic E-state index is -0.0734. The number of thioether (sulfide) groups is 1. The topological polar surface area (TPSA) is 55.1 Å². The second-order valence-electron chi connectivity index (χ2n) is 5.33. The molecule has 1 heterocycles. The first-order chi connectivity index (χ1) is 11.7. The van der Waals surface area contributed by atoms with E-state index in [0.29, 0.717) is 39.8 Å². The predicted octanol–water partition coefficient (Wildman–Crippen LogP) is 3.72. The lowest BCUT2D eigenvalue weighted by Crippen LogP contribution is -2.24. The second kappa shape index (κ2) is 7.83. The molecule has 3 rings (SSSR count). The zero-order valence-corrected chi connectivity index (χ0v) is 14.6. The Balaban J connectivity index is 1.98. The SMILES string of the molecule is O=c1c2ccccc2nc(SCc2ccccc2Cl)n1CCCO. The average molecular weight is 361 g/mol. The van der Waals surface area contributed by atoms with Gasteiger partial charge in [-0.3, -0.25) is 9.36 Å². The smallest absolute Gasteiger partial charge is 0.262 e. The number of benzene rings is 2. The normalized spacial score (nSPS) is 11.1. The average Bonchev–Trinajstić information content (AvgIpc) is 2.60. The van der Waals surface area contributed by atoms with E-state index < -0.39 is 0 Å². The summed E-state index contributed by atoms with van der Waals surface area (Å²) in [7, 11) is 0. The molecular weight excluding hydrogens is 344 g/mol. The van der Waals surface area contributed by atoms with E-state index >= 15 is 0 Å². The molecule has 0 radical (unpaired) electrons. The molecule has 0 saturated carbocycles. The van der Waals surface area contributed by atoms with Crippen LogP contribution < -0.4 is 5.56 Å². The number of aromatic nitrogens is 2. The van der Waals surface area contributed by atoms with Gasteiger partial charge < -0.3 is 5.11 Å². The zero-order valence-electron chi connectivity index (χ0n) is 13.0. The van der Waals surface area contributed by atoms with Crippen molar-refractivity contribution >= 4 is 34.3 Å². The van der Waals surface area contributed by atoms with Crippen molar-refractivity contribution in [1.82, 2.24) is 9.55 Å². The molecule has 2 aromatic carbocycles. The Bertz CT molecular complexity index is 911. The quantitative estimate of drug-likeness (QED) is 0.537. The van der Waals surface area contributed by atoms with Crippen LogP contribution in [0.5, 0.6) is 0 Å². The van der Waals surface area contributed by atoms with Gasteiger partial charge in [-0.25, -0.2) is 4.98 Å². The van der Waals surface area contributed by atoms with Gasteiger partial charge in [0.25, 0.3) is 5.56 Å². The van der Waals surface area contributed by atoms with Gasteiger partial charge in [-0.15, -0.1) is 0 Å². The van der Waals surface area contributed by atoms with Crippen LogP contribution in [-0.2, 0) is 12.3 Å². The van der Waals surface area contributed by atoms with E-state index in [4.69, 9.17) is 16.7 Å². The van der Waals surface area contributed by atoms with E-state index in [-0.39, 0.29) is 12.2 Å². The second-order valence-corrected chi connectivity index (χ2v) is 6.68. The predicted molar refractivity (Wildman–Crippen MR) is 98.7 cm³/mol.